The van der Waals surface area contributed by atoms with Gasteiger partial charge < -0.3 is 14.2 Å². The molecule has 0 aromatic rings. The summed E-state index contributed by atoms with van der Waals surface area (Å²) < 4.78 is 15.0. The smallest absolute Gasteiger partial charge is 0.329 e. The molecule has 14 heavy (non-hydrogen) atoms. The van der Waals surface area contributed by atoms with Crippen LogP contribution in [-0.4, -0.2) is 30.5 Å². The van der Waals surface area contributed by atoms with E-state index in [-0.39, 0.29) is 0 Å². The fourth-order valence-corrected chi connectivity index (χ4v) is 0.819. The van der Waals surface area contributed by atoms with Crippen molar-refractivity contribution in [3.8, 4) is 0 Å². The highest BCUT2D eigenvalue weighted by Gasteiger charge is 2.31. The van der Waals surface area contributed by atoms with E-state index >= 15 is 0 Å². The fraction of sp³-hybridized carbons (Fsp3) is 0.778. The molecule has 0 N–H and O–H groups in total. The van der Waals surface area contributed by atoms with Crippen LogP contribution in [-0.2, 0) is 19.0 Å². The SMILES string of the molecule is [CH2]C(OCC)(OCC)OC(=O)C(C)Cl. The standard InChI is InChI=1S/C9H16ClO4/c1-5-12-9(4,13-6-2)14-8(11)7(3)10/h7H,4-6H2,1-3H3. The van der Waals surface area contributed by atoms with Crippen molar-refractivity contribution < 1.29 is 19.0 Å². The molecule has 1 radical (unpaired) electrons. The Bertz CT molecular complexity index is 176. The molecular weight excluding hydrogens is 208 g/mol. The van der Waals surface area contributed by atoms with Crippen molar-refractivity contribution in [2.24, 2.45) is 0 Å². The van der Waals surface area contributed by atoms with Gasteiger partial charge in [0.15, 0.2) is 0 Å². The third kappa shape index (κ3) is 4.79. The highest BCUT2D eigenvalue weighted by molar-refractivity contribution is 6.29. The van der Waals surface area contributed by atoms with E-state index in [1.54, 1.807) is 13.8 Å². The van der Waals surface area contributed by atoms with Gasteiger partial charge in [0, 0.05) is 0 Å². The number of hydrogen-bond acceptors (Lipinski definition) is 4. The van der Waals surface area contributed by atoms with Crippen LogP contribution >= 0.6 is 11.6 Å². The van der Waals surface area contributed by atoms with Crippen molar-refractivity contribution in [2.75, 3.05) is 13.2 Å². The lowest BCUT2D eigenvalue weighted by Gasteiger charge is -2.28. The van der Waals surface area contributed by atoms with E-state index in [1.165, 1.54) is 6.92 Å². The Morgan fingerprint density at radius 3 is 2.14 bits per heavy atom. The zero-order valence-corrected chi connectivity index (χ0v) is 9.47. The van der Waals surface area contributed by atoms with Crippen LogP contribution in [0.25, 0.3) is 0 Å². The van der Waals surface area contributed by atoms with Crippen LogP contribution < -0.4 is 0 Å². The minimum atomic E-state index is -1.58. The summed E-state index contributed by atoms with van der Waals surface area (Å²) in [7, 11) is 0. The first kappa shape index (κ1) is 13.7. The number of carbonyl (C=O) groups excluding carboxylic acids is 1. The van der Waals surface area contributed by atoms with Crippen LogP contribution in [0.4, 0.5) is 0 Å². The summed E-state index contributed by atoms with van der Waals surface area (Å²) in [5.74, 6) is -2.20. The van der Waals surface area contributed by atoms with Crippen LogP contribution in [0.1, 0.15) is 20.8 Å². The third-order valence-electron chi connectivity index (χ3n) is 1.31. The van der Waals surface area contributed by atoms with Crippen molar-refractivity contribution in [3.63, 3.8) is 0 Å². The van der Waals surface area contributed by atoms with Gasteiger partial charge in [-0.15, -0.1) is 11.6 Å². The van der Waals surface area contributed by atoms with Gasteiger partial charge in [-0.05, 0) is 20.8 Å². The minimum absolute atomic E-state index is 0.327. The van der Waals surface area contributed by atoms with Crippen molar-refractivity contribution in [1.29, 1.82) is 0 Å². The molecule has 0 bridgehead atoms. The fourth-order valence-electron chi connectivity index (χ4n) is 0.775. The van der Waals surface area contributed by atoms with E-state index in [0.717, 1.165) is 0 Å². The van der Waals surface area contributed by atoms with Crippen LogP contribution in [0, 0.1) is 6.92 Å². The normalized spacial score (nSPS) is 13.8. The number of rotatable bonds is 6. The molecule has 83 valence electrons. The van der Waals surface area contributed by atoms with Crippen molar-refractivity contribution in [3.05, 3.63) is 6.92 Å². The summed E-state index contributed by atoms with van der Waals surface area (Å²) in [5.41, 5.74) is 0. The topological polar surface area (TPSA) is 44.8 Å². The van der Waals surface area contributed by atoms with Crippen molar-refractivity contribution in [1.82, 2.24) is 0 Å². The lowest BCUT2D eigenvalue weighted by atomic mass is 10.5. The maximum absolute atomic E-state index is 11.2. The molecule has 0 saturated heterocycles. The zero-order valence-electron chi connectivity index (χ0n) is 8.71. The average Bonchev–Trinajstić information content (AvgIpc) is 2.04. The first-order chi connectivity index (χ1) is 6.45. The highest BCUT2D eigenvalue weighted by Crippen LogP contribution is 2.16. The molecule has 0 fully saturated rings. The van der Waals surface area contributed by atoms with Gasteiger partial charge in [0.2, 0.25) is 0 Å². The number of alkyl halides is 1. The molecule has 5 heteroatoms. The second-order valence-corrected chi connectivity index (χ2v) is 3.24. The van der Waals surface area contributed by atoms with Gasteiger partial charge in [-0.1, -0.05) is 0 Å². The summed E-state index contributed by atoms with van der Waals surface area (Å²) >= 11 is 5.52. The Morgan fingerprint density at radius 2 is 1.86 bits per heavy atom. The van der Waals surface area contributed by atoms with E-state index < -0.39 is 17.3 Å². The molecule has 0 aromatic carbocycles. The minimum Gasteiger partial charge on any atom is -0.407 e. The molecule has 0 heterocycles. The Kier molecular flexibility index (Phi) is 6.08. The van der Waals surface area contributed by atoms with Gasteiger partial charge in [-0.3, -0.25) is 4.79 Å². The first-order valence-corrected chi connectivity index (χ1v) is 4.89. The van der Waals surface area contributed by atoms with Crippen LogP contribution in [0.5, 0.6) is 0 Å². The molecule has 0 rings (SSSR count). The van der Waals surface area contributed by atoms with Crippen LogP contribution in [0.15, 0.2) is 0 Å². The zero-order chi connectivity index (χ0) is 11.2. The molecular formula is C9H16ClO4. The van der Waals surface area contributed by atoms with Gasteiger partial charge in [0.1, 0.15) is 5.38 Å². The number of carbonyl (C=O) groups is 1. The Morgan fingerprint density at radius 1 is 1.43 bits per heavy atom. The molecule has 0 spiro atoms. The monoisotopic (exact) mass is 223 g/mol. The third-order valence-corrected chi connectivity index (χ3v) is 1.49. The van der Waals surface area contributed by atoms with E-state index in [9.17, 15) is 4.79 Å². The Hall–Kier alpha value is -0.320. The van der Waals surface area contributed by atoms with E-state index in [2.05, 4.69) is 6.92 Å². The number of esters is 1. The molecule has 0 aromatic heterocycles. The second kappa shape index (κ2) is 6.22. The number of hydrogen-bond donors (Lipinski definition) is 0. The summed E-state index contributed by atoms with van der Waals surface area (Å²) in [6.07, 6.45) is 0. The summed E-state index contributed by atoms with van der Waals surface area (Å²) in [4.78, 5) is 11.2. The molecule has 1 atom stereocenters. The first-order valence-electron chi connectivity index (χ1n) is 4.45. The maximum Gasteiger partial charge on any atom is 0.329 e. The van der Waals surface area contributed by atoms with Crippen molar-refractivity contribution in [2.45, 2.75) is 32.1 Å². The van der Waals surface area contributed by atoms with Crippen LogP contribution in [0.3, 0.4) is 0 Å². The van der Waals surface area contributed by atoms with E-state index in [4.69, 9.17) is 25.8 Å². The van der Waals surface area contributed by atoms with Gasteiger partial charge in [0.25, 0.3) is 0 Å². The van der Waals surface area contributed by atoms with Crippen LogP contribution in [0.2, 0.25) is 0 Å². The van der Waals surface area contributed by atoms with Gasteiger partial charge in [-0.25, -0.2) is 0 Å². The quantitative estimate of drug-likeness (QED) is 0.391. The number of halogens is 1. The molecule has 1 unspecified atom stereocenters. The largest absolute Gasteiger partial charge is 0.407 e. The van der Waals surface area contributed by atoms with Gasteiger partial charge in [-0.2, -0.15) is 0 Å². The van der Waals surface area contributed by atoms with E-state index in [0.29, 0.717) is 13.2 Å². The summed E-state index contributed by atoms with van der Waals surface area (Å²) in [6, 6.07) is 0. The summed E-state index contributed by atoms with van der Waals surface area (Å²) in [5, 5.41) is -0.753. The predicted octanol–water partition coefficient (Wildman–Crippen LogP) is 1.72. The molecule has 0 aliphatic rings. The average molecular weight is 224 g/mol. The Balaban J connectivity index is 4.27. The molecule has 0 amide bonds. The van der Waals surface area contributed by atoms with E-state index in [1.807, 2.05) is 0 Å². The molecule has 0 aliphatic heterocycles. The Labute approximate surface area is 89.5 Å². The van der Waals surface area contributed by atoms with Gasteiger partial charge >= 0.3 is 11.9 Å². The summed E-state index contributed by atoms with van der Waals surface area (Å²) in [6.45, 7) is 9.17. The highest BCUT2D eigenvalue weighted by atomic mass is 35.5. The van der Waals surface area contributed by atoms with Gasteiger partial charge in [0.05, 0.1) is 20.1 Å². The van der Waals surface area contributed by atoms with Crippen molar-refractivity contribution >= 4 is 17.6 Å². The maximum atomic E-state index is 11.2. The lowest BCUT2D eigenvalue weighted by Crippen LogP contribution is -2.40. The second-order valence-electron chi connectivity index (χ2n) is 2.59. The predicted molar refractivity (Wildman–Crippen MR) is 52.7 cm³/mol. The molecule has 0 saturated carbocycles. The molecule has 0 aliphatic carbocycles. The lowest BCUT2D eigenvalue weighted by molar-refractivity contribution is -0.332. The number of ether oxygens (including phenoxy) is 3. The molecule has 4 nitrogen and oxygen atoms in total.